The number of anilines is 2. The van der Waals surface area contributed by atoms with Gasteiger partial charge in [-0.15, -0.1) is 0 Å². The number of sulfonamides is 1. The Hall–Kier alpha value is -3.44. The van der Waals surface area contributed by atoms with Crippen molar-refractivity contribution in [2.24, 2.45) is 7.05 Å². The third-order valence-electron chi connectivity index (χ3n) is 6.66. The second kappa shape index (κ2) is 12.2. The summed E-state index contributed by atoms with van der Waals surface area (Å²) in [5.41, 5.74) is 5.17. The van der Waals surface area contributed by atoms with Crippen LogP contribution < -0.4 is 10.6 Å². The van der Waals surface area contributed by atoms with Gasteiger partial charge >= 0.3 is 0 Å². The predicted molar refractivity (Wildman–Crippen MR) is 167 cm³/mol. The van der Waals surface area contributed by atoms with E-state index in [9.17, 15) is 8.42 Å². The zero-order valence-electron chi connectivity index (χ0n) is 23.0. The number of pyridine rings is 2. The normalized spacial score (nSPS) is 12.0. The van der Waals surface area contributed by atoms with Crippen LogP contribution in [0, 0.1) is 13.8 Å². The van der Waals surface area contributed by atoms with Crippen molar-refractivity contribution in [1.29, 1.82) is 0 Å². The number of benzene rings is 2. The summed E-state index contributed by atoms with van der Waals surface area (Å²) in [5, 5.41) is 9.91. The van der Waals surface area contributed by atoms with Gasteiger partial charge in [0.25, 0.3) is 10.0 Å². The van der Waals surface area contributed by atoms with E-state index in [1.807, 2.05) is 56.3 Å². The molecule has 5 aromatic rings. The molecule has 3 heterocycles. The maximum Gasteiger partial charge on any atom is 0.262 e. The Morgan fingerprint density at radius 1 is 0.829 bits per heavy atom. The summed E-state index contributed by atoms with van der Waals surface area (Å²) in [6.45, 7) is 5.35. The first-order valence-corrected chi connectivity index (χ1v) is 15.4. The number of hydrogen-bond acceptors (Lipinski definition) is 7. The first kappa shape index (κ1) is 29.1. The third kappa shape index (κ3) is 6.73. The summed E-state index contributed by atoms with van der Waals surface area (Å²) in [6.07, 6.45) is 3.58. The molecular weight excluding hydrogens is 581 g/mol. The molecule has 214 valence electrons. The zero-order chi connectivity index (χ0) is 29.1. The molecule has 0 saturated carbocycles. The van der Waals surface area contributed by atoms with Crippen LogP contribution in [0.15, 0.2) is 66.1 Å². The van der Waals surface area contributed by atoms with Crippen molar-refractivity contribution in [3.8, 4) is 0 Å². The Balaban J connectivity index is 1.31. The molecule has 3 aromatic heterocycles. The molecule has 0 atom stereocenters. The van der Waals surface area contributed by atoms with E-state index in [0.717, 1.165) is 44.6 Å². The van der Waals surface area contributed by atoms with Gasteiger partial charge in [-0.1, -0.05) is 23.2 Å². The topological polar surface area (TPSA) is 105 Å². The lowest BCUT2D eigenvalue weighted by molar-refractivity contribution is 0.417. The Bertz CT molecular complexity index is 1830. The van der Waals surface area contributed by atoms with E-state index in [-0.39, 0.29) is 11.6 Å². The molecule has 0 radical (unpaired) electrons. The Morgan fingerprint density at radius 3 is 1.93 bits per heavy atom. The fraction of sp³-hybridized carbons (Fsp3) is 0.276. The quantitative estimate of drug-likeness (QED) is 0.175. The van der Waals surface area contributed by atoms with Gasteiger partial charge in [-0.3, -0.25) is 9.97 Å². The first-order valence-electron chi connectivity index (χ1n) is 13.2. The van der Waals surface area contributed by atoms with Crippen LogP contribution >= 0.6 is 23.2 Å². The summed E-state index contributed by atoms with van der Waals surface area (Å²) in [5.74, 6) is 0. The van der Waals surface area contributed by atoms with Crippen molar-refractivity contribution in [2.75, 3.05) is 36.8 Å². The highest BCUT2D eigenvalue weighted by atomic mass is 35.5. The predicted octanol–water partition coefficient (Wildman–Crippen LogP) is 6.05. The van der Waals surface area contributed by atoms with Gasteiger partial charge in [0.1, 0.15) is 0 Å². The molecule has 0 spiro atoms. The van der Waals surface area contributed by atoms with Crippen LogP contribution in [0.3, 0.4) is 0 Å². The summed E-state index contributed by atoms with van der Waals surface area (Å²) >= 11 is 12.5. The van der Waals surface area contributed by atoms with Crippen LogP contribution in [0.1, 0.15) is 17.8 Å². The maximum absolute atomic E-state index is 13.6. The minimum atomic E-state index is -3.81. The van der Waals surface area contributed by atoms with E-state index >= 15 is 0 Å². The van der Waals surface area contributed by atoms with Crippen LogP contribution in [-0.2, 0) is 17.1 Å². The summed E-state index contributed by atoms with van der Waals surface area (Å²) < 4.78 is 30.2. The molecule has 0 aliphatic carbocycles. The molecule has 0 unspecified atom stereocenters. The lowest BCUT2D eigenvalue weighted by atomic mass is 10.1. The van der Waals surface area contributed by atoms with Gasteiger partial charge in [-0.05, 0) is 68.8 Å². The second-order valence-corrected chi connectivity index (χ2v) is 12.7. The third-order valence-corrected chi connectivity index (χ3v) is 8.91. The van der Waals surface area contributed by atoms with Gasteiger partial charge in [-0.2, -0.15) is 4.31 Å². The number of rotatable bonds is 11. The number of fused-ring (bicyclic) bond motifs is 2. The van der Waals surface area contributed by atoms with Crippen molar-refractivity contribution < 1.29 is 8.42 Å². The Kier molecular flexibility index (Phi) is 8.65. The fourth-order valence-electron chi connectivity index (χ4n) is 4.75. The number of hydrogen-bond donors (Lipinski definition) is 2. The van der Waals surface area contributed by atoms with E-state index in [1.54, 1.807) is 17.7 Å². The van der Waals surface area contributed by atoms with Gasteiger partial charge in [0.15, 0.2) is 5.03 Å². The van der Waals surface area contributed by atoms with Crippen molar-refractivity contribution >= 4 is 66.4 Å². The molecule has 5 rings (SSSR count). The number of aromatic nitrogens is 4. The highest BCUT2D eigenvalue weighted by molar-refractivity contribution is 7.89. The molecule has 41 heavy (non-hydrogen) atoms. The smallest absolute Gasteiger partial charge is 0.262 e. The number of nitrogens with one attached hydrogen (secondary N) is 2. The van der Waals surface area contributed by atoms with Gasteiger partial charge in [0, 0.05) is 83.0 Å². The minimum absolute atomic E-state index is 0.0235. The van der Waals surface area contributed by atoms with Crippen molar-refractivity contribution in [2.45, 2.75) is 25.3 Å². The highest BCUT2D eigenvalue weighted by Gasteiger charge is 2.26. The van der Waals surface area contributed by atoms with Gasteiger partial charge in [0.05, 0.1) is 17.4 Å². The molecule has 0 bridgehead atoms. The van der Waals surface area contributed by atoms with Crippen molar-refractivity contribution in [1.82, 2.24) is 23.8 Å². The summed E-state index contributed by atoms with van der Waals surface area (Å²) in [4.78, 5) is 13.3. The number of aryl methyl sites for hydroxylation is 3. The van der Waals surface area contributed by atoms with E-state index < -0.39 is 10.0 Å². The van der Waals surface area contributed by atoms with E-state index in [0.29, 0.717) is 36.1 Å². The van der Waals surface area contributed by atoms with Gasteiger partial charge in [0.2, 0.25) is 0 Å². The van der Waals surface area contributed by atoms with Crippen molar-refractivity contribution in [3.63, 3.8) is 0 Å². The molecule has 0 amide bonds. The molecule has 2 aromatic carbocycles. The maximum atomic E-state index is 13.6. The molecular formula is C29H31Cl2N7O2S. The minimum Gasteiger partial charge on any atom is -0.384 e. The van der Waals surface area contributed by atoms with Gasteiger partial charge < -0.3 is 15.2 Å². The van der Waals surface area contributed by atoms with Crippen LogP contribution in [0.4, 0.5) is 11.4 Å². The Labute approximate surface area is 249 Å². The highest BCUT2D eigenvalue weighted by Crippen LogP contribution is 2.27. The van der Waals surface area contributed by atoms with Crippen LogP contribution in [0.25, 0.3) is 21.8 Å². The SMILES string of the molecule is Cc1cc(NCCCN(CCNc2cc(C)nc3ccc(Cl)cc23)S(=O)(=O)c2cn(C)cn2)c2cc(Cl)ccc2n1. The van der Waals surface area contributed by atoms with Gasteiger partial charge in [-0.25, -0.2) is 13.4 Å². The lowest BCUT2D eigenvalue weighted by Gasteiger charge is -2.22. The molecule has 9 nitrogen and oxygen atoms in total. The summed E-state index contributed by atoms with van der Waals surface area (Å²) in [6, 6.07) is 15.0. The first-order chi connectivity index (χ1) is 19.6. The zero-order valence-corrected chi connectivity index (χ0v) is 25.4. The second-order valence-electron chi connectivity index (χ2n) is 9.93. The molecule has 2 N–H and O–H groups in total. The number of halogens is 2. The van der Waals surface area contributed by atoms with Crippen molar-refractivity contribution in [3.05, 3.63) is 82.5 Å². The summed E-state index contributed by atoms with van der Waals surface area (Å²) in [7, 11) is -2.06. The van der Waals surface area contributed by atoms with E-state index in [1.165, 1.54) is 16.8 Å². The largest absolute Gasteiger partial charge is 0.384 e. The average molecular weight is 613 g/mol. The molecule has 0 aliphatic heterocycles. The van der Waals surface area contributed by atoms with E-state index in [4.69, 9.17) is 23.2 Å². The Morgan fingerprint density at radius 2 is 1.39 bits per heavy atom. The molecule has 0 aliphatic rings. The average Bonchev–Trinajstić information content (AvgIpc) is 3.37. The molecule has 0 saturated heterocycles. The standard InChI is InChI=1S/C29H31Cl2N7O2S/c1-19-13-27(23-15-21(30)5-7-25(23)35-19)32-9-4-11-38(41(39,40)29-17-37(3)18-34-29)12-10-33-28-14-20(2)36-26-8-6-22(31)16-24(26)28/h5-8,13-18H,4,9-12H2,1-3H3,(H,32,35)(H,33,36). The fourth-order valence-corrected chi connectivity index (χ4v) is 6.54. The monoisotopic (exact) mass is 611 g/mol. The molecule has 12 heteroatoms. The molecule has 0 fully saturated rings. The van der Waals surface area contributed by atoms with Crippen LogP contribution in [0.2, 0.25) is 10.0 Å². The lowest BCUT2D eigenvalue weighted by Crippen LogP contribution is -2.36. The van der Waals surface area contributed by atoms with Crippen LogP contribution in [0.5, 0.6) is 0 Å². The van der Waals surface area contributed by atoms with Crippen LogP contribution in [-0.4, -0.2) is 58.4 Å². The van der Waals surface area contributed by atoms with E-state index in [2.05, 4.69) is 25.6 Å². The number of nitrogens with zero attached hydrogens (tertiary/aromatic N) is 5. The number of imidazole rings is 1.